The number of nitrogens with zero attached hydrogens (tertiary/aromatic N) is 2. The summed E-state index contributed by atoms with van der Waals surface area (Å²) in [6.45, 7) is 8.79. The highest BCUT2D eigenvalue weighted by molar-refractivity contribution is 6.37. The molecule has 35 heavy (non-hydrogen) atoms. The predicted octanol–water partition coefficient (Wildman–Crippen LogP) is -1.73. The number of hydrogen-bond donors (Lipinski definition) is 5. The summed E-state index contributed by atoms with van der Waals surface area (Å²) in [5, 5.41) is 10.3. The highest BCUT2D eigenvalue weighted by Gasteiger charge is 2.42. The normalized spacial score (nSPS) is 17.4. The molecule has 6 amide bonds. The Kier molecular flexibility index (Phi) is 10.6. The Morgan fingerprint density at radius 1 is 1.06 bits per heavy atom. The van der Waals surface area contributed by atoms with Crippen LogP contribution in [0.1, 0.15) is 47.5 Å². The van der Waals surface area contributed by atoms with Gasteiger partial charge in [-0.15, -0.1) is 0 Å². The average molecular weight is 498 g/mol. The molecule has 0 aromatic carbocycles. The number of amides is 6. The first-order chi connectivity index (χ1) is 16.1. The molecule has 3 unspecified atom stereocenters. The average Bonchev–Trinajstić information content (AvgIpc) is 3.23. The topological polar surface area (TPSA) is 183 Å². The van der Waals surface area contributed by atoms with Crippen LogP contribution in [-0.4, -0.2) is 96.7 Å². The molecule has 0 aromatic rings. The van der Waals surface area contributed by atoms with Crippen LogP contribution in [0.5, 0.6) is 0 Å². The molecule has 1 fully saturated rings. The number of likely N-dealkylation sites (tertiary alicyclic amines) is 1. The molecule has 13 heteroatoms. The first kappa shape index (κ1) is 29.8. The predicted molar refractivity (Wildman–Crippen MR) is 128 cm³/mol. The minimum atomic E-state index is -1.32. The van der Waals surface area contributed by atoms with Crippen molar-refractivity contribution in [1.82, 2.24) is 31.1 Å². The molecule has 1 aliphatic rings. The molecular weight excluding hydrogens is 458 g/mol. The molecule has 0 aromatic heterocycles. The maximum Gasteiger partial charge on any atom is 0.315 e. The van der Waals surface area contributed by atoms with E-state index in [1.54, 1.807) is 48.7 Å². The van der Waals surface area contributed by atoms with Gasteiger partial charge < -0.3 is 31.5 Å². The molecule has 0 bridgehead atoms. The highest BCUT2D eigenvalue weighted by atomic mass is 16.2. The number of likely N-dealkylation sites (N-methyl/N-ethyl adjacent to an activating group) is 1. The van der Waals surface area contributed by atoms with Crippen LogP contribution < -0.4 is 27.0 Å². The second-order valence-electron chi connectivity index (χ2n) is 10.1. The van der Waals surface area contributed by atoms with E-state index < -0.39 is 53.2 Å². The van der Waals surface area contributed by atoms with Crippen molar-refractivity contribution >= 4 is 35.4 Å². The number of urea groups is 1. The van der Waals surface area contributed by atoms with E-state index in [1.165, 1.54) is 9.80 Å². The molecule has 1 aliphatic heterocycles. The maximum absolute atomic E-state index is 13.5. The van der Waals surface area contributed by atoms with Gasteiger partial charge in [0.1, 0.15) is 18.2 Å². The van der Waals surface area contributed by atoms with Gasteiger partial charge in [0.2, 0.25) is 17.7 Å². The minimum absolute atomic E-state index is 0.239. The number of carbonyl (C=O) groups excluding carboxylic acids is 6. The van der Waals surface area contributed by atoms with E-state index in [4.69, 9.17) is 5.73 Å². The largest absolute Gasteiger partial charge is 0.363 e. The fourth-order valence-electron chi connectivity index (χ4n) is 3.51. The third-order valence-corrected chi connectivity index (χ3v) is 5.42. The number of nitrogens with two attached hydrogens (primary N) is 1. The lowest BCUT2D eigenvalue weighted by Crippen LogP contribution is -2.62. The molecule has 6 N–H and O–H groups in total. The zero-order chi connectivity index (χ0) is 27.1. The van der Waals surface area contributed by atoms with Crippen molar-refractivity contribution in [2.45, 2.75) is 71.8 Å². The summed E-state index contributed by atoms with van der Waals surface area (Å²) in [5.41, 5.74) is 4.38. The summed E-state index contributed by atoms with van der Waals surface area (Å²) in [7, 11) is 3.11. The summed E-state index contributed by atoms with van der Waals surface area (Å²) >= 11 is 0. The number of hydrogen-bond acceptors (Lipinski definition) is 7. The van der Waals surface area contributed by atoms with Crippen LogP contribution in [0.25, 0.3) is 0 Å². The molecule has 0 radical (unpaired) electrons. The highest BCUT2D eigenvalue weighted by Crippen LogP contribution is 2.26. The quantitative estimate of drug-likeness (QED) is 0.175. The van der Waals surface area contributed by atoms with E-state index in [0.29, 0.717) is 12.8 Å². The molecule has 0 aliphatic carbocycles. The number of primary amides is 1. The maximum atomic E-state index is 13.5. The van der Waals surface area contributed by atoms with Crippen molar-refractivity contribution in [2.24, 2.45) is 11.1 Å². The number of nitrogens with one attached hydrogen (secondary N) is 4. The van der Waals surface area contributed by atoms with E-state index in [0.717, 1.165) is 0 Å². The van der Waals surface area contributed by atoms with Gasteiger partial charge in [-0.2, -0.15) is 0 Å². The van der Waals surface area contributed by atoms with Crippen LogP contribution in [0.15, 0.2) is 0 Å². The summed E-state index contributed by atoms with van der Waals surface area (Å²) in [4.78, 5) is 76.9. The zero-order valence-corrected chi connectivity index (χ0v) is 21.6. The van der Waals surface area contributed by atoms with E-state index in [2.05, 4.69) is 21.3 Å². The fraction of sp³-hybridized carbons (Fsp3) is 0.727. The Morgan fingerprint density at radius 2 is 1.66 bits per heavy atom. The van der Waals surface area contributed by atoms with Gasteiger partial charge >= 0.3 is 6.03 Å². The monoisotopic (exact) mass is 497 g/mol. The van der Waals surface area contributed by atoms with Gasteiger partial charge in [0.25, 0.3) is 11.7 Å². The number of ketones is 1. The Hall–Kier alpha value is -3.22. The SMILES string of the molecule is CC(C)NC(NC(=O)C1CCCN1C(=O)C(NC(=O)NCC(=O)N(C)C)C(C)(C)C)C(=O)C(N)=O. The van der Waals surface area contributed by atoms with Crippen molar-refractivity contribution in [2.75, 3.05) is 27.2 Å². The molecule has 1 heterocycles. The summed E-state index contributed by atoms with van der Waals surface area (Å²) < 4.78 is 0. The van der Waals surface area contributed by atoms with Crippen LogP contribution in [0, 0.1) is 5.41 Å². The van der Waals surface area contributed by atoms with Crippen molar-refractivity contribution in [1.29, 1.82) is 0 Å². The number of Topliss-reactive ketones (excluding diaryl/α,β-unsaturated/α-hetero) is 1. The molecule has 1 rings (SSSR count). The third-order valence-electron chi connectivity index (χ3n) is 5.42. The standard InChI is InChI=1S/C22H39N7O6/c1-12(2)25-18(15(31)17(23)32)27-19(33)13-9-8-10-29(13)20(34)16(22(3,4)5)26-21(35)24-11-14(30)28(6)7/h12-13,16,18,25H,8-11H2,1-7H3,(H2,23,32)(H,27,33)(H2,24,26,35). The molecule has 13 nitrogen and oxygen atoms in total. The van der Waals surface area contributed by atoms with Gasteiger partial charge in [-0.1, -0.05) is 20.8 Å². The summed E-state index contributed by atoms with van der Waals surface area (Å²) in [6.07, 6.45) is -0.443. The van der Waals surface area contributed by atoms with Crippen molar-refractivity contribution in [3.05, 3.63) is 0 Å². The van der Waals surface area contributed by atoms with E-state index in [1.807, 2.05) is 0 Å². The molecule has 0 spiro atoms. The van der Waals surface area contributed by atoms with Gasteiger partial charge in [0.05, 0.1) is 6.54 Å². The number of carbonyl (C=O) groups is 6. The summed E-state index contributed by atoms with van der Waals surface area (Å²) in [6, 6.07) is -2.83. The lowest BCUT2D eigenvalue weighted by molar-refractivity contribution is -0.143. The van der Waals surface area contributed by atoms with Crippen LogP contribution in [-0.2, 0) is 24.0 Å². The smallest absolute Gasteiger partial charge is 0.315 e. The second kappa shape index (κ2) is 12.5. The van der Waals surface area contributed by atoms with Crippen molar-refractivity contribution in [3.63, 3.8) is 0 Å². The Morgan fingerprint density at radius 3 is 2.14 bits per heavy atom. The molecule has 3 atom stereocenters. The van der Waals surface area contributed by atoms with Gasteiger partial charge in [-0.25, -0.2) is 4.79 Å². The molecule has 0 saturated carbocycles. The van der Waals surface area contributed by atoms with Gasteiger partial charge in [-0.05, 0) is 32.1 Å². The second-order valence-corrected chi connectivity index (χ2v) is 10.1. The number of rotatable bonds is 10. The first-order valence-electron chi connectivity index (χ1n) is 11.5. The van der Waals surface area contributed by atoms with Crippen LogP contribution in [0.3, 0.4) is 0 Å². The third kappa shape index (κ3) is 8.81. The zero-order valence-electron chi connectivity index (χ0n) is 21.6. The lowest BCUT2D eigenvalue weighted by atomic mass is 9.85. The molecule has 1 saturated heterocycles. The Labute approximate surface area is 205 Å². The lowest BCUT2D eigenvalue weighted by Gasteiger charge is -2.35. The van der Waals surface area contributed by atoms with Gasteiger partial charge in [-0.3, -0.25) is 29.3 Å². The van der Waals surface area contributed by atoms with Crippen molar-refractivity contribution in [3.8, 4) is 0 Å². The van der Waals surface area contributed by atoms with Crippen LogP contribution >= 0.6 is 0 Å². The first-order valence-corrected chi connectivity index (χ1v) is 11.5. The van der Waals surface area contributed by atoms with Gasteiger partial charge in [0.15, 0.2) is 0 Å². The molecule has 198 valence electrons. The molecular formula is C22H39N7O6. The van der Waals surface area contributed by atoms with E-state index in [-0.39, 0.29) is 25.0 Å². The van der Waals surface area contributed by atoms with Crippen molar-refractivity contribution < 1.29 is 28.8 Å². The van der Waals surface area contributed by atoms with E-state index >= 15 is 0 Å². The Bertz CT molecular complexity index is 837. The Balaban J connectivity index is 3.00. The van der Waals surface area contributed by atoms with E-state index in [9.17, 15) is 28.8 Å². The van der Waals surface area contributed by atoms with Gasteiger partial charge in [0, 0.05) is 26.7 Å². The minimum Gasteiger partial charge on any atom is -0.363 e. The fourth-order valence-corrected chi connectivity index (χ4v) is 3.51. The summed E-state index contributed by atoms with van der Waals surface area (Å²) in [5.74, 6) is -3.60. The van der Waals surface area contributed by atoms with Crippen LogP contribution in [0.4, 0.5) is 4.79 Å². The van der Waals surface area contributed by atoms with Crippen LogP contribution in [0.2, 0.25) is 0 Å².